The van der Waals surface area contributed by atoms with E-state index in [1.807, 2.05) is 18.2 Å². The Morgan fingerprint density at radius 3 is 2.88 bits per heavy atom. The fraction of sp³-hybridized carbons (Fsp3) is 0.385. The summed E-state index contributed by atoms with van der Waals surface area (Å²) in [5.74, 6) is -0.193. The summed E-state index contributed by atoms with van der Waals surface area (Å²) in [7, 11) is 0. The van der Waals surface area contributed by atoms with Gasteiger partial charge in [-0.15, -0.1) is 0 Å². The van der Waals surface area contributed by atoms with Crippen LogP contribution in [0.25, 0.3) is 0 Å². The lowest BCUT2D eigenvalue weighted by atomic mass is 9.92. The number of carbonyl (C=O) groups is 1. The zero-order chi connectivity index (χ0) is 11.6. The number of benzene rings is 1. The molecule has 3 heteroatoms. The third-order valence-electron chi connectivity index (χ3n) is 3.05. The molecule has 0 heterocycles. The number of aliphatic hydroxyl groups is 1. The Kier molecular flexibility index (Phi) is 2.76. The van der Waals surface area contributed by atoms with E-state index in [2.05, 4.69) is 0 Å². The fourth-order valence-corrected chi connectivity index (χ4v) is 2.20. The van der Waals surface area contributed by atoms with Crippen LogP contribution in [0.4, 0.5) is 0 Å². The van der Waals surface area contributed by atoms with Crippen molar-refractivity contribution in [2.75, 3.05) is 0 Å². The van der Waals surface area contributed by atoms with Gasteiger partial charge in [0.1, 0.15) is 5.60 Å². The molecule has 0 fully saturated rings. The second kappa shape index (κ2) is 4.07. The maximum atomic E-state index is 12.0. The summed E-state index contributed by atoms with van der Waals surface area (Å²) in [4.78, 5) is 12.0. The number of unbranched alkanes of at least 4 members (excludes halogenated alkanes) is 1. The van der Waals surface area contributed by atoms with E-state index in [1.165, 1.54) is 0 Å². The third-order valence-corrected chi connectivity index (χ3v) is 3.05. The van der Waals surface area contributed by atoms with Gasteiger partial charge in [0.15, 0.2) is 5.78 Å². The quantitative estimate of drug-likeness (QED) is 0.783. The Hall–Kier alpha value is -1.66. The van der Waals surface area contributed by atoms with Crippen LogP contribution >= 0.6 is 0 Å². The van der Waals surface area contributed by atoms with Crippen molar-refractivity contribution in [1.29, 1.82) is 5.26 Å². The second-order valence-corrected chi connectivity index (χ2v) is 4.21. The molecule has 0 spiro atoms. The Morgan fingerprint density at radius 1 is 1.44 bits per heavy atom. The van der Waals surface area contributed by atoms with E-state index >= 15 is 0 Å². The van der Waals surface area contributed by atoms with Crippen LogP contribution in [0.15, 0.2) is 24.3 Å². The molecule has 1 aliphatic rings. The van der Waals surface area contributed by atoms with Gasteiger partial charge in [-0.1, -0.05) is 24.3 Å². The number of nitriles is 1. The Balaban J connectivity index is 2.17. The molecule has 0 saturated heterocycles. The van der Waals surface area contributed by atoms with Gasteiger partial charge in [0.05, 0.1) is 6.07 Å². The van der Waals surface area contributed by atoms with E-state index in [0.29, 0.717) is 31.2 Å². The van der Waals surface area contributed by atoms with Crippen molar-refractivity contribution in [3.8, 4) is 6.07 Å². The lowest BCUT2D eigenvalue weighted by molar-refractivity contribution is 0.0321. The van der Waals surface area contributed by atoms with Crippen molar-refractivity contribution in [2.24, 2.45) is 0 Å². The zero-order valence-corrected chi connectivity index (χ0v) is 8.94. The van der Waals surface area contributed by atoms with E-state index in [0.717, 1.165) is 5.56 Å². The molecular formula is C13H13NO2. The molecule has 1 unspecified atom stereocenters. The second-order valence-electron chi connectivity index (χ2n) is 4.21. The van der Waals surface area contributed by atoms with Crippen LogP contribution in [0.1, 0.15) is 35.2 Å². The molecular weight excluding hydrogens is 202 g/mol. The zero-order valence-electron chi connectivity index (χ0n) is 8.94. The maximum absolute atomic E-state index is 12.0. The van der Waals surface area contributed by atoms with E-state index in [4.69, 9.17) is 5.26 Å². The highest BCUT2D eigenvalue weighted by Gasteiger charge is 2.42. The summed E-state index contributed by atoms with van der Waals surface area (Å²) < 4.78 is 0. The lowest BCUT2D eigenvalue weighted by Crippen LogP contribution is -2.35. The van der Waals surface area contributed by atoms with Crippen molar-refractivity contribution in [3.63, 3.8) is 0 Å². The molecule has 1 aromatic carbocycles. The highest BCUT2D eigenvalue weighted by Crippen LogP contribution is 2.33. The summed E-state index contributed by atoms with van der Waals surface area (Å²) in [5.41, 5.74) is 0.259. The molecule has 0 radical (unpaired) electrons. The van der Waals surface area contributed by atoms with Crippen LogP contribution in [0.2, 0.25) is 0 Å². The number of fused-ring (bicyclic) bond motifs is 1. The smallest absolute Gasteiger partial charge is 0.194 e. The minimum Gasteiger partial charge on any atom is -0.381 e. The summed E-state index contributed by atoms with van der Waals surface area (Å²) in [6.07, 6.45) is 1.69. The van der Waals surface area contributed by atoms with Crippen molar-refractivity contribution < 1.29 is 9.90 Å². The number of hydrogen-bond acceptors (Lipinski definition) is 3. The Morgan fingerprint density at radius 2 is 2.19 bits per heavy atom. The number of carbonyl (C=O) groups excluding carboxylic acids is 1. The van der Waals surface area contributed by atoms with E-state index in [1.54, 1.807) is 12.1 Å². The SMILES string of the molecule is N#CCCCC1(O)Cc2ccccc2C1=O. The van der Waals surface area contributed by atoms with Gasteiger partial charge in [-0.2, -0.15) is 5.26 Å². The predicted molar refractivity (Wildman–Crippen MR) is 58.9 cm³/mol. The molecule has 0 bridgehead atoms. The van der Waals surface area contributed by atoms with E-state index in [9.17, 15) is 9.90 Å². The molecule has 1 aliphatic carbocycles. The molecule has 1 N–H and O–H groups in total. The van der Waals surface area contributed by atoms with Gasteiger partial charge in [0, 0.05) is 18.4 Å². The van der Waals surface area contributed by atoms with Crippen LogP contribution < -0.4 is 0 Å². The number of rotatable bonds is 3. The molecule has 0 saturated carbocycles. The summed E-state index contributed by atoms with van der Waals surface area (Å²) >= 11 is 0. The minimum atomic E-state index is -1.28. The van der Waals surface area contributed by atoms with Gasteiger partial charge >= 0.3 is 0 Å². The lowest BCUT2D eigenvalue weighted by Gasteiger charge is -2.19. The third kappa shape index (κ3) is 1.72. The molecule has 3 nitrogen and oxygen atoms in total. The first-order valence-electron chi connectivity index (χ1n) is 5.39. The summed E-state index contributed by atoms with van der Waals surface area (Å²) in [6, 6.07) is 9.31. The molecule has 0 aromatic heterocycles. The maximum Gasteiger partial charge on any atom is 0.194 e. The van der Waals surface area contributed by atoms with Crippen LogP contribution in [0.5, 0.6) is 0 Å². The fourth-order valence-electron chi connectivity index (χ4n) is 2.20. The molecule has 1 atom stereocenters. The molecule has 82 valence electrons. The Labute approximate surface area is 94.3 Å². The number of hydrogen-bond donors (Lipinski definition) is 1. The van der Waals surface area contributed by atoms with Crippen molar-refractivity contribution in [3.05, 3.63) is 35.4 Å². The van der Waals surface area contributed by atoms with Crippen molar-refractivity contribution >= 4 is 5.78 Å². The van der Waals surface area contributed by atoms with E-state index in [-0.39, 0.29) is 5.78 Å². The van der Waals surface area contributed by atoms with Crippen molar-refractivity contribution in [2.45, 2.75) is 31.3 Å². The summed E-state index contributed by atoms with van der Waals surface area (Å²) in [6.45, 7) is 0. The Bertz CT molecular complexity index is 461. The van der Waals surface area contributed by atoms with E-state index < -0.39 is 5.60 Å². The highest BCUT2D eigenvalue weighted by molar-refractivity contribution is 6.06. The first kappa shape index (κ1) is 10.8. The minimum absolute atomic E-state index is 0.193. The standard InChI is InChI=1S/C13H13NO2/c14-8-4-3-7-13(16)9-10-5-1-2-6-11(10)12(13)15/h1-2,5-6,16H,3-4,7,9H2. The molecule has 16 heavy (non-hydrogen) atoms. The van der Waals surface area contributed by atoms with Crippen LogP contribution in [-0.2, 0) is 6.42 Å². The molecule has 1 aromatic rings. The highest BCUT2D eigenvalue weighted by atomic mass is 16.3. The molecule has 0 aliphatic heterocycles. The average Bonchev–Trinajstić information content (AvgIpc) is 2.53. The number of ketones is 1. The van der Waals surface area contributed by atoms with Gasteiger partial charge < -0.3 is 5.11 Å². The molecule has 2 rings (SSSR count). The molecule has 0 amide bonds. The van der Waals surface area contributed by atoms with Crippen LogP contribution in [0.3, 0.4) is 0 Å². The largest absolute Gasteiger partial charge is 0.381 e. The van der Waals surface area contributed by atoms with Crippen molar-refractivity contribution in [1.82, 2.24) is 0 Å². The normalized spacial score (nSPS) is 22.9. The van der Waals surface area contributed by atoms with Crippen LogP contribution in [0, 0.1) is 11.3 Å². The predicted octanol–water partition coefficient (Wildman–Crippen LogP) is 1.85. The average molecular weight is 215 g/mol. The number of Topliss-reactive ketones (excluding diaryl/α,β-unsaturated/α-hetero) is 1. The van der Waals surface area contributed by atoms with Gasteiger partial charge in [-0.05, 0) is 18.4 Å². The van der Waals surface area contributed by atoms with Gasteiger partial charge in [-0.25, -0.2) is 0 Å². The topological polar surface area (TPSA) is 61.1 Å². The monoisotopic (exact) mass is 215 g/mol. The van der Waals surface area contributed by atoms with Gasteiger partial charge in [0.2, 0.25) is 0 Å². The van der Waals surface area contributed by atoms with Gasteiger partial charge in [-0.3, -0.25) is 4.79 Å². The summed E-state index contributed by atoms with van der Waals surface area (Å²) in [5, 5.41) is 18.7. The number of nitrogens with zero attached hydrogens (tertiary/aromatic N) is 1. The van der Waals surface area contributed by atoms with Crippen LogP contribution in [-0.4, -0.2) is 16.5 Å². The first-order chi connectivity index (χ1) is 7.67. The first-order valence-corrected chi connectivity index (χ1v) is 5.39. The van der Waals surface area contributed by atoms with Gasteiger partial charge in [0.25, 0.3) is 0 Å².